The van der Waals surface area contributed by atoms with Gasteiger partial charge in [0.1, 0.15) is 5.82 Å². The van der Waals surface area contributed by atoms with Gasteiger partial charge < -0.3 is 5.32 Å². The van der Waals surface area contributed by atoms with E-state index in [1.54, 1.807) is 12.1 Å². The summed E-state index contributed by atoms with van der Waals surface area (Å²) in [6.45, 7) is 1.02. The standard InChI is InChI=1S/C14H18FN/c15-13-2-1-3-14(8-13)16-9-12-7-10-4-5-11(12)6-10/h1-3,8,10-12,16H,4-7,9H2. The summed E-state index contributed by atoms with van der Waals surface area (Å²) in [7, 11) is 0. The first kappa shape index (κ1) is 10.1. The van der Waals surface area contributed by atoms with Gasteiger partial charge in [0.2, 0.25) is 0 Å². The van der Waals surface area contributed by atoms with Crippen LogP contribution in [0.5, 0.6) is 0 Å². The van der Waals surface area contributed by atoms with Gasteiger partial charge in [0, 0.05) is 12.2 Å². The number of nitrogens with one attached hydrogen (secondary N) is 1. The minimum Gasteiger partial charge on any atom is -0.385 e. The summed E-state index contributed by atoms with van der Waals surface area (Å²) >= 11 is 0. The Morgan fingerprint density at radius 1 is 1.25 bits per heavy atom. The Hall–Kier alpha value is -1.05. The first-order chi connectivity index (χ1) is 7.81. The second-order valence-corrected chi connectivity index (χ2v) is 5.33. The number of fused-ring (bicyclic) bond motifs is 2. The first-order valence-corrected chi connectivity index (χ1v) is 6.30. The summed E-state index contributed by atoms with van der Waals surface area (Å²) in [5, 5.41) is 3.37. The molecule has 2 saturated carbocycles. The third-order valence-electron chi connectivity index (χ3n) is 4.28. The summed E-state index contributed by atoms with van der Waals surface area (Å²) in [4.78, 5) is 0. The van der Waals surface area contributed by atoms with Crippen LogP contribution in [0.15, 0.2) is 24.3 Å². The van der Waals surface area contributed by atoms with E-state index in [2.05, 4.69) is 5.32 Å². The molecule has 0 spiro atoms. The molecule has 3 rings (SSSR count). The molecule has 2 heteroatoms. The molecule has 0 radical (unpaired) electrons. The zero-order valence-corrected chi connectivity index (χ0v) is 9.45. The Bertz CT molecular complexity index is 377. The minimum atomic E-state index is -0.155. The van der Waals surface area contributed by atoms with Crippen molar-refractivity contribution in [1.82, 2.24) is 0 Å². The molecule has 0 amide bonds. The van der Waals surface area contributed by atoms with E-state index >= 15 is 0 Å². The third-order valence-corrected chi connectivity index (χ3v) is 4.28. The van der Waals surface area contributed by atoms with Gasteiger partial charge >= 0.3 is 0 Å². The van der Waals surface area contributed by atoms with Gasteiger partial charge in [-0.15, -0.1) is 0 Å². The number of hydrogen-bond donors (Lipinski definition) is 1. The molecule has 0 heterocycles. The van der Waals surface area contributed by atoms with Crippen LogP contribution in [-0.4, -0.2) is 6.54 Å². The summed E-state index contributed by atoms with van der Waals surface area (Å²) < 4.78 is 13.0. The normalized spacial score (nSPS) is 31.9. The van der Waals surface area contributed by atoms with Crippen LogP contribution in [-0.2, 0) is 0 Å². The minimum absolute atomic E-state index is 0.155. The number of halogens is 1. The maximum Gasteiger partial charge on any atom is 0.125 e. The average Bonchev–Trinajstić information content (AvgIpc) is 2.88. The number of hydrogen-bond acceptors (Lipinski definition) is 1. The van der Waals surface area contributed by atoms with Crippen LogP contribution in [0, 0.1) is 23.6 Å². The highest BCUT2D eigenvalue weighted by Gasteiger charge is 2.38. The van der Waals surface area contributed by atoms with Crippen molar-refractivity contribution in [3.63, 3.8) is 0 Å². The maximum absolute atomic E-state index is 13.0. The van der Waals surface area contributed by atoms with E-state index < -0.39 is 0 Å². The van der Waals surface area contributed by atoms with Crippen molar-refractivity contribution in [2.75, 3.05) is 11.9 Å². The molecule has 86 valence electrons. The molecule has 3 unspecified atom stereocenters. The van der Waals surface area contributed by atoms with Gasteiger partial charge in [-0.1, -0.05) is 12.5 Å². The molecule has 3 atom stereocenters. The Labute approximate surface area is 96.1 Å². The summed E-state index contributed by atoms with van der Waals surface area (Å²) in [6, 6.07) is 6.77. The fraction of sp³-hybridized carbons (Fsp3) is 0.571. The van der Waals surface area contributed by atoms with Crippen molar-refractivity contribution in [3.8, 4) is 0 Å². The predicted octanol–water partition coefficient (Wildman–Crippen LogP) is 3.67. The van der Waals surface area contributed by atoms with Crippen LogP contribution in [0.4, 0.5) is 10.1 Å². The molecule has 2 bridgehead atoms. The van der Waals surface area contributed by atoms with Gasteiger partial charge in [-0.05, 0) is 55.2 Å². The van der Waals surface area contributed by atoms with Crippen molar-refractivity contribution >= 4 is 5.69 Å². The SMILES string of the molecule is Fc1cccc(NCC2CC3CCC2C3)c1. The largest absolute Gasteiger partial charge is 0.385 e. The first-order valence-electron chi connectivity index (χ1n) is 6.30. The topological polar surface area (TPSA) is 12.0 Å². The summed E-state index contributed by atoms with van der Waals surface area (Å²) in [6.07, 6.45) is 5.68. The van der Waals surface area contributed by atoms with Crippen LogP contribution in [0.1, 0.15) is 25.7 Å². The smallest absolute Gasteiger partial charge is 0.125 e. The zero-order chi connectivity index (χ0) is 11.0. The van der Waals surface area contributed by atoms with Gasteiger partial charge in [0.05, 0.1) is 0 Å². The van der Waals surface area contributed by atoms with Crippen molar-refractivity contribution in [1.29, 1.82) is 0 Å². The van der Waals surface area contributed by atoms with Crippen LogP contribution >= 0.6 is 0 Å². The molecular formula is C14H18FN. The van der Waals surface area contributed by atoms with Crippen molar-refractivity contribution in [3.05, 3.63) is 30.1 Å². The lowest BCUT2D eigenvalue weighted by atomic mass is 9.89. The van der Waals surface area contributed by atoms with E-state index in [-0.39, 0.29) is 5.82 Å². The second kappa shape index (κ2) is 4.08. The highest BCUT2D eigenvalue weighted by Crippen LogP contribution is 2.48. The maximum atomic E-state index is 13.0. The quantitative estimate of drug-likeness (QED) is 0.817. The molecule has 1 aromatic rings. The molecule has 0 aliphatic heterocycles. The van der Waals surface area contributed by atoms with Gasteiger partial charge in [-0.25, -0.2) is 4.39 Å². The van der Waals surface area contributed by atoms with E-state index in [9.17, 15) is 4.39 Å². The zero-order valence-electron chi connectivity index (χ0n) is 9.45. The van der Waals surface area contributed by atoms with Crippen molar-refractivity contribution in [2.45, 2.75) is 25.7 Å². The molecule has 0 aromatic heterocycles. The number of rotatable bonds is 3. The molecule has 0 saturated heterocycles. The molecule has 1 aromatic carbocycles. The Kier molecular flexibility index (Phi) is 2.58. The molecule has 2 aliphatic carbocycles. The molecule has 1 nitrogen and oxygen atoms in total. The van der Waals surface area contributed by atoms with Crippen LogP contribution in [0.2, 0.25) is 0 Å². The van der Waals surface area contributed by atoms with E-state index in [1.807, 2.05) is 6.07 Å². The molecule has 1 N–H and O–H groups in total. The molecule has 16 heavy (non-hydrogen) atoms. The monoisotopic (exact) mass is 219 g/mol. The number of benzene rings is 1. The average molecular weight is 219 g/mol. The molecule has 2 aliphatic rings. The van der Waals surface area contributed by atoms with Crippen LogP contribution in [0.25, 0.3) is 0 Å². The van der Waals surface area contributed by atoms with E-state index in [0.29, 0.717) is 0 Å². The lowest BCUT2D eigenvalue weighted by molar-refractivity contribution is 0.348. The molecule has 2 fully saturated rings. The fourth-order valence-electron chi connectivity index (χ4n) is 3.47. The highest BCUT2D eigenvalue weighted by atomic mass is 19.1. The lowest BCUT2D eigenvalue weighted by Crippen LogP contribution is -2.20. The van der Waals surface area contributed by atoms with Gasteiger partial charge in [0.25, 0.3) is 0 Å². The van der Waals surface area contributed by atoms with Crippen molar-refractivity contribution < 1.29 is 4.39 Å². The Morgan fingerprint density at radius 3 is 2.88 bits per heavy atom. The van der Waals surface area contributed by atoms with E-state index in [4.69, 9.17) is 0 Å². The fourth-order valence-corrected chi connectivity index (χ4v) is 3.47. The Morgan fingerprint density at radius 2 is 2.19 bits per heavy atom. The van der Waals surface area contributed by atoms with Crippen LogP contribution < -0.4 is 5.32 Å². The number of anilines is 1. The van der Waals surface area contributed by atoms with E-state index in [1.165, 1.54) is 31.7 Å². The summed E-state index contributed by atoms with van der Waals surface area (Å²) in [5.41, 5.74) is 0.919. The Balaban J connectivity index is 1.57. The second-order valence-electron chi connectivity index (χ2n) is 5.33. The third kappa shape index (κ3) is 1.93. The van der Waals surface area contributed by atoms with Gasteiger partial charge in [-0.2, -0.15) is 0 Å². The van der Waals surface area contributed by atoms with Crippen LogP contribution in [0.3, 0.4) is 0 Å². The molecular weight excluding hydrogens is 201 g/mol. The van der Waals surface area contributed by atoms with E-state index in [0.717, 1.165) is 30.0 Å². The van der Waals surface area contributed by atoms with Crippen molar-refractivity contribution in [2.24, 2.45) is 17.8 Å². The lowest BCUT2D eigenvalue weighted by Gasteiger charge is -2.22. The highest BCUT2D eigenvalue weighted by molar-refractivity contribution is 5.43. The van der Waals surface area contributed by atoms with Gasteiger partial charge in [-0.3, -0.25) is 0 Å². The summed E-state index contributed by atoms with van der Waals surface area (Å²) in [5.74, 6) is 2.59. The van der Waals surface area contributed by atoms with Gasteiger partial charge in [0.15, 0.2) is 0 Å². The predicted molar refractivity (Wildman–Crippen MR) is 63.8 cm³/mol.